The van der Waals surface area contributed by atoms with Gasteiger partial charge in [0.1, 0.15) is 41.3 Å². The second-order valence-electron chi connectivity index (χ2n) is 7.06. The molecule has 0 saturated carbocycles. The van der Waals surface area contributed by atoms with Crippen LogP contribution < -0.4 is 21.1 Å². The van der Waals surface area contributed by atoms with Crippen molar-refractivity contribution in [3.05, 3.63) is 78.2 Å². The third-order valence-corrected chi connectivity index (χ3v) is 4.87. The lowest BCUT2D eigenvalue weighted by Gasteiger charge is -2.12. The molecule has 0 aliphatic rings. The van der Waals surface area contributed by atoms with Crippen LogP contribution in [0.4, 0.5) is 17.3 Å². The van der Waals surface area contributed by atoms with Crippen LogP contribution in [-0.2, 0) is 11.3 Å². The quantitative estimate of drug-likeness (QED) is 0.314. The standard InChI is InChI=1S/C23H20ClN7O3/c1-3-19(32)27-9-15-11-33-23(31-15)20-21(25)28-12-29-22(20)30-14-5-7-18(17(24)8-14)34-16-6-4-13(2)26-10-16/h3-8,10-12H,1,9H2,2H3,(H,27,32)(H3,25,28,29,30). The highest BCUT2D eigenvalue weighted by Gasteiger charge is 2.18. The summed E-state index contributed by atoms with van der Waals surface area (Å²) in [4.78, 5) is 28.3. The number of amides is 1. The monoisotopic (exact) mass is 477 g/mol. The fraction of sp³-hybridized carbons (Fsp3) is 0.0870. The van der Waals surface area contributed by atoms with Crippen LogP contribution in [0.5, 0.6) is 11.5 Å². The molecule has 172 valence electrons. The number of aryl methyl sites for hydroxylation is 1. The van der Waals surface area contributed by atoms with Crippen molar-refractivity contribution >= 4 is 34.8 Å². The smallest absolute Gasteiger partial charge is 0.243 e. The van der Waals surface area contributed by atoms with Crippen LogP contribution in [0.2, 0.25) is 5.02 Å². The molecule has 4 N–H and O–H groups in total. The maximum atomic E-state index is 11.4. The maximum absolute atomic E-state index is 11.4. The number of carbonyl (C=O) groups excluding carboxylic acids is 1. The van der Waals surface area contributed by atoms with Crippen molar-refractivity contribution in [2.45, 2.75) is 13.5 Å². The van der Waals surface area contributed by atoms with Gasteiger partial charge in [0.25, 0.3) is 0 Å². The van der Waals surface area contributed by atoms with Crippen molar-refractivity contribution in [1.29, 1.82) is 0 Å². The van der Waals surface area contributed by atoms with Gasteiger partial charge in [-0.25, -0.2) is 15.0 Å². The van der Waals surface area contributed by atoms with E-state index in [2.05, 4.69) is 37.1 Å². The van der Waals surface area contributed by atoms with Crippen molar-refractivity contribution in [3.8, 4) is 23.0 Å². The van der Waals surface area contributed by atoms with Crippen molar-refractivity contribution in [3.63, 3.8) is 0 Å². The molecular formula is C23H20ClN7O3. The Morgan fingerprint density at radius 3 is 2.85 bits per heavy atom. The summed E-state index contributed by atoms with van der Waals surface area (Å²) >= 11 is 6.43. The van der Waals surface area contributed by atoms with Gasteiger partial charge in [0.2, 0.25) is 11.8 Å². The van der Waals surface area contributed by atoms with Crippen LogP contribution >= 0.6 is 11.6 Å². The highest BCUT2D eigenvalue weighted by atomic mass is 35.5. The lowest BCUT2D eigenvalue weighted by molar-refractivity contribution is -0.116. The predicted molar refractivity (Wildman–Crippen MR) is 128 cm³/mol. The van der Waals surface area contributed by atoms with E-state index in [-0.39, 0.29) is 24.2 Å². The van der Waals surface area contributed by atoms with E-state index in [1.165, 1.54) is 18.7 Å². The third-order valence-electron chi connectivity index (χ3n) is 4.58. The minimum Gasteiger partial charge on any atom is -0.454 e. The third kappa shape index (κ3) is 5.30. The van der Waals surface area contributed by atoms with Gasteiger partial charge in [-0.3, -0.25) is 9.78 Å². The number of oxazole rings is 1. The molecule has 0 aliphatic heterocycles. The first-order chi connectivity index (χ1) is 16.4. The largest absolute Gasteiger partial charge is 0.454 e. The normalized spacial score (nSPS) is 10.5. The average Bonchev–Trinajstić information content (AvgIpc) is 3.29. The van der Waals surface area contributed by atoms with Gasteiger partial charge in [0.05, 0.1) is 23.5 Å². The lowest BCUT2D eigenvalue weighted by atomic mass is 10.2. The van der Waals surface area contributed by atoms with E-state index in [0.29, 0.717) is 39.3 Å². The Bertz CT molecular complexity index is 1340. The number of aromatic nitrogens is 4. The minimum absolute atomic E-state index is 0.165. The molecule has 0 aliphatic carbocycles. The van der Waals surface area contributed by atoms with E-state index in [4.69, 9.17) is 26.5 Å². The molecule has 1 amide bonds. The highest BCUT2D eigenvalue weighted by Crippen LogP contribution is 2.35. The summed E-state index contributed by atoms with van der Waals surface area (Å²) in [6.07, 6.45) is 5.53. The topological polar surface area (TPSA) is 141 Å². The van der Waals surface area contributed by atoms with Crippen LogP contribution in [0, 0.1) is 6.92 Å². The lowest BCUT2D eigenvalue weighted by Crippen LogP contribution is -2.20. The Kier molecular flexibility index (Phi) is 6.69. The molecule has 34 heavy (non-hydrogen) atoms. The van der Waals surface area contributed by atoms with Crippen LogP contribution in [-0.4, -0.2) is 25.8 Å². The van der Waals surface area contributed by atoms with Crippen LogP contribution in [0.1, 0.15) is 11.4 Å². The van der Waals surface area contributed by atoms with Crippen LogP contribution in [0.3, 0.4) is 0 Å². The van der Waals surface area contributed by atoms with Gasteiger partial charge in [-0.1, -0.05) is 18.2 Å². The van der Waals surface area contributed by atoms with Gasteiger partial charge in [0.15, 0.2) is 0 Å². The van der Waals surface area contributed by atoms with Crippen LogP contribution in [0.25, 0.3) is 11.5 Å². The highest BCUT2D eigenvalue weighted by molar-refractivity contribution is 6.32. The number of rotatable bonds is 8. The number of nitrogens with one attached hydrogen (secondary N) is 2. The number of benzene rings is 1. The first kappa shape index (κ1) is 22.7. The van der Waals surface area contributed by atoms with Gasteiger partial charge >= 0.3 is 0 Å². The summed E-state index contributed by atoms with van der Waals surface area (Å²) in [5.41, 5.74) is 8.46. The molecule has 11 heteroatoms. The first-order valence-electron chi connectivity index (χ1n) is 10.1. The van der Waals surface area contributed by atoms with Crippen molar-refractivity contribution in [2.75, 3.05) is 11.1 Å². The number of ether oxygens (including phenoxy) is 1. The first-order valence-corrected chi connectivity index (χ1v) is 10.4. The molecule has 0 unspecified atom stereocenters. The summed E-state index contributed by atoms with van der Waals surface area (Å²) in [5, 5.41) is 6.16. The fourth-order valence-corrected chi connectivity index (χ4v) is 3.12. The summed E-state index contributed by atoms with van der Waals surface area (Å²) < 4.78 is 11.4. The van der Waals surface area contributed by atoms with E-state index in [1.807, 2.05) is 19.1 Å². The van der Waals surface area contributed by atoms with Crippen LogP contribution in [0.15, 0.2) is 66.2 Å². The number of pyridine rings is 1. The number of halogens is 1. The Balaban J connectivity index is 1.54. The van der Waals surface area contributed by atoms with Gasteiger partial charge < -0.3 is 25.5 Å². The molecule has 0 atom stereocenters. The molecule has 4 aromatic rings. The molecule has 10 nitrogen and oxygen atoms in total. The zero-order valence-corrected chi connectivity index (χ0v) is 18.8. The molecule has 1 aromatic carbocycles. The number of nitrogens with zero attached hydrogens (tertiary/aromatic N) is 4. The molecule has 0 radical (unpaired) electrons. The molecule has 4 rings (SSSR count). The SMILES string of the molecule is C=CC(=O)NCc1coc(-c2c(N)ncnc2Nc2ccc(Oc3ccc(C)nc3)c(Cl)c2)n1. The molecule has 3 aromatic heterocycles. The predicted octanol–water partition coefficient (Wildman–Crippen LogP) is 4.41. The zero-order valence-electron chi connectivity index (χ0n) is 18.1. The van der Waals surface area contributed by atoms with E-state index in [1.54, 1.807) is 24.4 Å². The van der Waals surface area contributed by atoms with Gasteiger partial charge in [-0.15, -0.1) is 0 Å². The summed E-state index contributed by atoms with van der Waals surface area (Å²) in [6.45, 7) is 5.47. The Morgan fingerprint density at radius 1 is 1.26 bits per heavy atom. The summed E-state index contributed by atoms with van der Waals surface area (Å²) in [7, 11) is 0. The summed E-state index contributed by atoms with van der Waals surface area (Å²) in [6, 6.07) is 8.85. The molecule has 0 fully saturated rings. The van der Waals surface area contributed by atoms with Crippen molar-refractivity contribution < 1.29 is 13.9 Å². The zero-order chi connectivity index (χ0) is 24.1. The molecule has 0 spiro atoms. The Hall–Kier alpha value is -4.44. The van der Waals surface area contributed by atoms with Gasteiger partial charge in [-0.2, -0.15) is 0 Å². The van der Waals surface area contributed by atoms with Crippen molar-refractivity contribution in [2.24, 2.45) is 0 Å². The Labute approximate surface area is 199 Å². The number of nitrogen functional groups attached to an aromatic ring is 1. The maximum Gasteiger partial charge on any atom is 0.243 e. The molecule has 0 bridgehead atoms. The molecule has 3 heterocycles. The van der Waals surface area contributed by atoms with E-state index < -0.39 is 0 Å². The number of hydrogen-bond donors (Lipinski definition) is 3. The van der Waals surface area contributed by atoms with E-state index in [9.17, 15) is 4.79 Å². The number of anilines is 3. The number of hydrogen-bond acceptors (Lipinski definition) is 9. The second kappa shape index (κ2) is 10.0. The van der Waals surface area contributed by atoms with Gasteiger partial charge in [-0.05, 0) is 43.3 Å². The molecule has 0 saturated heterocycles. The number of nitrogens with two attached hydrogens (primary N) is 1. The van der Waals surface area contributed by atoms with Crippen molar-refractivity contribution in [1.82, 2.24) is 25.3 Å². The van der Waals surface area contributed by atoms with E-state index in [0.717, 1.165) is 5.69 Å². The Morgan fingerprint density at radius 2 is 2.12 bits per heavy atom. The van der Waals surface area contributed by atoms with Gasteiger partial charge in [0, 0.05) is 11.4 Å². The average molecular weight is 478 g/mol. The second-order valence-corrected chi connectivity index (χ2v) is 7.46. The molecular weight excluding hydrogens is 458 g/mol. The summed E-state index contributed by atoms with van der Waals surface area (Å²) in [5.74, 6) is 1.45. The number of carbonyl (C=O) groups is 1. The fourth-order valence-electron chi connectivity index (χ4n) is 2.90. The van der Waals surface area contributed by atoms with E-state index >= 15 is 0 Å². The minimum atomic E-state index is -0.322.